The second kappa shape index (κ2) is 8.39. The Kier molecular flexibility index (Phi) is 5.74. The summed E-state index contributed by atoms with van der Waals surface area (Å²) in [6.45, 7) is 1.40. The van der Waals surface area contributed by atoms with E-state index in [1.54, 1.807) is 18.2 Å². The third-order valence-corrected chi connectivity index (χ3v) is 4.30. The summed E-state index contributed by atoms with van der Waals surface area (Å²) in [6.07, 6.45) is 4.13. The Morgan fingerprint density at radius 1 is 1.22 bits per heavy atom. The Morgan fingerprint density at radius 3 is 2.67 bits per heavy atom. The lowest BCUT2D eigenvalue weighted by Gasteiger charge is -2.16. The molecule has 2 N–H and O–H groups in total. The number of hydrogen-bond acceptors (Lipinski definition) is 7. The van der Waals surface area contributed by atoms with Crippen molar-refractivity contribution in [2.45, 2.75) is 44.8 Å². The molecule has 2 aromatic rings. The van der Waals surface area contributed by atoms with Gasteiger partial charge >= 0.3 is 12.0 Å². The van der Waals surface area contributed by atoms with Crippen molar-refractivity contribution in [1.82, 2.24) is 30.8 Å². The largest absolute Gasteiger partial charge is 0.449 e. The minimum absolute atomic E-state index is 0.0822. The highest BCUT2D eigenvalue weighted by molar-refractivity contribution is 5.99. The van der Waals surface area contributed by atoms with Gasteiger partial charge in [-0.25, -0.2) is 9.59 Å². The Hall–Kier alpha value is -3.30. The van der Waals surface area contributed by atoms with Crippen LogP contribution < -0.4 is 10.6 Å². The maximum atomic E-state index is 12.5. The molecule has 1 atom stereocenters. The zero-order valence-corrected chi connectivity index (χ0v) is 14.8. The summed E-state index contributed by atoms with van der Waals surface area (Å²) < 4.78 is 6.51. The number of carbonyl (C=O) groups excluding carboxylic acids is 3. The summed E-state index contributed by atoms with van der Waals surface area (Å²) in [6, 6.07) is 6.06. The molecule has 27 heavy (non-hydrogen) atoms. The SMILES string of the molecule is CC(OC(=O)c1ccccc1-n1cnnn1)C(=O)NC(=O)NC1CCCC1. The van der Waals surface area contributed by atoms with Gasteiger partial charge in [-0.1, -0.05) is 25.0 Å². The van der Waals surface area contributed by atoms with Gasteiger partial charge < -0.3 is 10.1 Å². The highest BCUT2D eigenvalue weighted by Crippen LogP contribution is 2.17. The van der Waals surface area contributed by atoms with Crippen LogP contribution in [-0.4, -0.2) is 50.3 Å². The van der Waals surface area contributed by atoms with Crippen LogP contribution in [0.1, 0.15) is 43.0 Å². The van der Waals surface area contributed by atoms with E-state index in [1.807, 2.05) is 0 Å². The van der Waals surface area contributed by atoms with Crippen LogP contribution in [0.2, 0.25) is 0 Å². The third kappa shape index (κ3) is 4.66. The number of tetrazole rings is 1. The molecule has 10 nitrogen and oxygen atoms in total. The number of benzene rings is 1. The van der Waals surface area contributed by atoms with Gasteiger partial charge in [0, 0.05) is 6.04 Å². The fourth-order valence-electron chi connectivity index (χ4n) is 2.90. The highest BCUT2D eigenvalue weighted by Gasteiger charge is 2.24. The molecule has 0 saturated heterocycles. The van der Waals surface area contributed by atoms with Crippen LogP contribution in [0.4, 0.5) is 4.79 Å². The zero-order valence-electron chi connectivity index (χ0n) is 14.8. The third-order valence-electron chi connectivity index (χ3n) is 4.30. The van der Waals surface area contributed by atoms with Crippen LogP contribution in [0, 0.1) is 0 Å². The van der Waals surface area contributed by atoms with Crippen LogP contribution >= 0.6 is 0 Å². The first kappa shape index (κ1) is 18.5. The summed E-state index contributed by atoms with van der Waals surface area (Å²) in [5, 5.41) is 15.8. The molecule has 1 saturated carbocycles. The number of rotatable bonds is 5. The van der Waals surface area contributed by atoms with Gasteiger partial charge in [0.05, 0.1) is 11.3 Å². The molecule has 0 radical (unpaired) electrons. The molecule has 0 spiro atoms. The van der Waals surface area contributed by atoms with Gasteiger partial charge in [0.2, 0.25) is 0 Å². The van der Waals surface area contributed by atoms with E-state index in [-0.39, 0.29) is 11.6 Å². The van der Waals surface area contributed by atoms with Crippen LogP contribution in [0.15, 0.2) is 30.6 Å². The van der Waals surface area contributed by atoms with Crippen molar-refractivity contribution in [2.75, 3.05) is 0 Å². The van der Waals surface area contributed by atoms with Gasteiger partial charge in [-0.2, -0.15) is 4.68 Å². The van der Waals surface area contributed by atoms with E-state index in [4.69, 9.17) is 4.74 Å². The first-order valence-electron chi connectivity index (χ1n) is 8.69. The van der Waals surface area contributed by atoms with E-state index in [2.05, 4.69) is 26.2 Å². The molecular formula is C17H20N6O4. The number of urea groups is 1. The van der Waals surface area contributed by atoms with E-state index >= 15 is 0 Å². The standard InChI is InChI=1S/C17H20N6O4/c1-11(15(24)20-17(26)19-12-6-2-3-7-12)27-16(25)13-8-4-5-9-14(13)23-10-18-21-22-23/h4-5,8-12H,2-3,6-7H2,1H3,(H2,19,20,24,26). The maximum Gasteiger partial charge on any atom is 0.341 e. The minimum atomic E-state index is -1.14. The number of nitrogens with one attached hydrogen (secondary N) is 2. The lowest BCUT2D eigenvalue weighted by atomic mass is 10.2. The number of hydrogen-bond donors (Lipinski definition) is 2. The van der Waals surface area contributed by atoms with Crippen LogP contribution in [-0.2, 0) is 9.53 Å². The lowest BCUT2D eigenvalue weighted by molar-refractivity contribution is -0.127. The average Bonchev–Trinajstić information content (AvgIpc) is 3.35. The van der Waals surface area contributed by atoms with Gasteiger partial charge in [-0.3, -0.25) is 10.1 Å². The first-order chi connectivity index (χ1) is 13.0. The molecule has 1 aromatic heterocycles. The second-order valence-electron chi connectivity index (χ2n) is 6.26. The average molecular weight is 372 g/mol. The van der Waals surface area contributed by atoms with Crippen molar-refractivity contribution in [1.29, 1.82) is 0 Å². The number of imide groups is 1. The summed E-state index contributed by atoms with van der Waals surface area (Å²) in [5.41, 5.74) is 0.610. The Bertz CT molecular complexity index is 817. The molecule has 1 fully saturated rings. The quantitative estimate of drug-likeness (QED) is 0.749. The van der Waals surface area contributed by atoms with Gasteiger partial charge in [0.25, 0.3) is 5.91 Å². The Labute approximate surface area is 155 Å². The van der Waals surface area contributed by atoms with E-state index in [1.165, 1.54) is 24.0 Å². The van der Waals surface area contributed by atoms with Gasteiger partial charge in [-0.15, -0.1) is 5.10 Å². The molecule has 10 heteroatoms. The van der Waals surface area contributed by atoms with Gasteiger partial charge in [-0.05, 0) is 42.3 Å². The normalized spacial score (nSPS) is 15.1. The van der Waals surface area contributed by atoms with Crippen molar-refractivity contribution in [3.05, 3.63) is 36.2 Å². The van der Waals surface area contributed by atoms with Gasteiger partial charge in [0.15, 0.2) is 6.10 Å². The number of para-hydroxylation sites is 1. The van der Waals surface area contributed by atoms with Crippen molar-refractivity contribution < 1.29 is 19.1 Å². The molecule has 3 rings (SSSR count). The van der Waals surface area contributed by atoms with Crippen molar-refractivity contribution >= 4 is 17.9 Å². The maximum absolute atomic E-state index is 12.5. The number of esters is 1. The van der Waals surface area contributed by atoms with Gasteiger partial charge in [0.1, 0.15) is 6.33 Å². The van der Waals surface area contributed by atoms with E-state index in [9.17, 15) is 14.4 Å². The topological polar surface area (TPSA) is 128 Å². The monoisotopic (exact) mass is 372 g/mol. The Morgan fingerprint density at radius 2 is 1.96 bits per heavy atom. The second-order valence-corrected chi connectivity index (χ2v) is 6.26. The van der Waals surface area contributed by atoms with Crippen LogP contribution in [0.3, 0.4) is 0 Å². The van der Waals surface area contributed by atoms with E-state index < -0.39 is 24.0 Å². The van der Waals surface area contributed by atoms with E-state index in [0.29, 0.717) is 5.69 Å². The molecule has 1 aromatic carbocycles. The number of nitrogens with zero attached hydrogens (tertiary/aromatic N) is 4. The van der Waals surface area contributed by atoms with Crippen LogP contribution in [0.5, 0.6) is 0 Å². The zero-order chi connectivity index (χ0) is 19.2. The predicted molar refractivity (Wildman–Crippen MR) is 93.0 cm³/mol. The smallest absolute Gasteiger partial charge is 0.341 e. The molecule has 1 aliphatic carbocycles. The number of amides is 3. The predicted octanol–water partition coefficient (Wildman–Crippen LogP) is 0.976. The number of ether oxygens (including phenoxy) is 1. The number of carbonyl (C=O) groups is 3. The molecule has 142 valence electrons. The summed E-state index contributed by atoms with van der Waals surface area (Å²) >= 11 is 0. The van der Waals surface area contributed by atoms with Crippen molar-refractivity contribution in [2.24, 2.45) is 0 Å². The summed E-state index contributed by atoms with van der Waals surface area (Å²) in [5.74, 6) is -1.42. The van der Waals surface area contributed by atoms with Crippen molar-refractivity contribution in [3.63, 3.8) is 0 Å². The molecule has 0 bridgehead atoms. The minimum Gasteiger partial charge on any atom is -0.449 e. The molecule has 0 aliphatic heterocycles. The Balaban J connectivity index is 1.59. The summed E-state index contributed by atoms with van der Waals surface area (Å²) in [4.78, 5) is 36.4. The number of aromatic nitrogens is 4. The molecule has 1 aliphatic rings. The van der Waals surface area contributed by atoms with Crippen LogP contribution in [0.25, 0.3) is 5.69 Å². The molecule has 1 heterocycles. The molecular weight excluding hydrogens is 352 g/mol. The molecule has 3 amide bonds. The fourth-order valence-corrected chi connectivity index (χ4v) is 2.90. The van der Waals surface area contributed by atoms with E-state index in [0.717, 1.165) is 25.7 Å². The highest BCUT2D eigenvalue weighted by atomic mass is 16.5. The lowest BCUT2D eigenvalue weighted by Crippen LogP contribution is -2.47. The summed E-state index contributed by atoms with van der Waals surface area (Å²) in [7, 11) is 0. The first-order valence-corrected chi connectivity index (χ1v) is 8.69. The molecule has 1 unspecified atom stereocenters. The fraction of sp³-hybridized carbons (Fsp3) is 0.412. The van der Waals surface area contributed by atoms with Crippen molar-refractivity contribution in [3.8, 4) is 5.69 Å².